The predicted octanol–water partition coefficient (Wildman–Crippen LogP) is 5.16. The van der Waals surface area contributed by atoms with Crippen LogP contribution in [0.5, 0.6) is 5.75 Å². The minimum Gasteiger partial charge on any atom is -0.495 e. The Balaban J connectivity index is 1.59. The lowest BCUT2D eigenvalue weighted by Crippen LogP contribution is -2.20. The number of aromatic nitrogens is 3. The summed E-state index contributed by atoms with van der Waals surface area (Å²) in [5, 5.41) is 3.87. The second-order valence-corrected chi connectivity index (χ2v) is 7.98. The molecule has 0 aliphatic heterocycles. The predicted molar refractivity (Wildman–Crippen MR) is 120 cm³/mol. The zero-order chi connectivity index (χ0) is 21.8. The Morgan fingerprint density at radius 3 is 2.87 bits per heavy atom. The van der Waals surface area contributed by atoms with Gasteiger partial charge in [0.1, 0.15) is 23.6 Å². The molecule has 4 aromatic rings. The molecule has 1 amide bonds. The molecule has 2 aromatic heterocycles. The first-order chi connectivity index (χ1) is 15.0. The number of carbonyl (C=O) groups excluding carboxylic acids is 1. The number of rotatable bonds is 7. The third kappa shape index (κ3) is 4.81. The molecular formula is C22H18ClFN4O2S. The Morgan fingerprint density at radius 2 is 2.06 bits per heavy atom. The lowest BCUT2D eigenvalue weighted by molar-refractivity contribution is -0.116. The topological polar surface area (TPSA) is 69.0 Å². The summed E-state index contributed by atoms with van der Waals surface area (Å²) in [6.45, 7) is -0.0250. The van der Waals surface area contributed by atoms with Crippen molar-refractivity contribution in [2.24, 2.45) is 0 Å². The first kappa shape index (κ1) is 21.1. The number of thioether (sulfide) groups is 1. The fraction of sp³-hybridized carbons (Fsp3) is 0.136. The summed E-state index contributed by atoms with van der Waals surface area (Å²) in [6, 6.07) is 15.2. The van der Waals surface area contributed by atoms with Gasteiger partial charge in [0.25, 0.3) is 0 Å². The molecular weight excluding hydrogens is 439 g/mol. The smallest absolute Gasteiger partial charge is 0.244 e. The van der Waals surface area contributed by atoms with E-state index in [1.807, 2.05) is 6.07 Å². The van der Waals surface area contributed by atoms with Gasteiger partial charge < -0.3 is 10.1 Å². The Kier molecular flexibility index (Phi) is 6.39. The summed E-state index contributed by atoms with van der Waals surface area (Å²) in [4.78, 5) is 21.8. The fourth-order valence-corrected chi connectivity index (χ4v) is 4.22. The zero-order valence-electron chi connectivity index (χ0n) is 16.5. The molecule has 0 atom stereocenters. The molecule has 0 fully saturated rings. The molecule has 6 nitrogen and oxygen atoms in total. The fourth-order valence-electron chi connectivity index (χ4n) is 3.06. The third-order valence-corrected chi connectivity index (χ3v) is 5.78. The molecule has 0 saturated carbocycles. The van der Waals surface area contributed by atoms with Crippen molar-refractivity contribution in [2.45, 2.75) is 17.5 Å². The first-order valence-corrected chi connectivity index (χ1v) is 10.7. The number of ether oxygens (including phenoxy) is 1. The highest BCUT2D eigenvalue weighted by Crippen LogP contribution is 2.29. The van der Waals surface area contributed by atoms with E-state index in [9.17, 15) is 9.18 Å². The van der Waals surface area contributed by atoms with Crippen LogP contribution in [0.15, 0.2) is 66.0 Å². The van der Waals surface area contributed by atoms with E-state index in [4.69, 9.17) is 16.3 Å². The van der Waals surface area contributed by atoms with Crippen LogP contribution >= 0.6 is 23.4 Å². The summed E-state index contributed by atoms with van der Waals surface area (Å²) in [7, 11) is 1.52. The molecule has 1 N–H and O–H groups in total. The standard InChI is InChI=1S/C22H18ClFN4O2S/c1-30-19-9-8-15(23)11-18(19)26-20(29)12-28-21-17(7-4-10-25-21)27-22(28)31-13-14-5-2-3-6-16(14)24/h2-11H,12-13H2,1H3,(H,26,29). The van der Waals surface area contributed by atoms with Crippen molar-refractivity contribution in [3.63, 3.8) is 0 Å². The molecule has 2 heterocycles. The van der Waals surface area contributed by atoms with Crippen LogP contribution < -0.4 is 10.1 Å². The summed E-state index contributed by atoms with van der Waals surface area (Å²) in [5.41, 5.74) is 2.27. The summed E-state index contributed by atoms with van der Waals surface area (Å²) >= 11 is 7.39. The van der Waals surface area contributed by atoms with Crippen LogP contribution in [0.25, 0.3) is 11.2 Å². The average Bonchev–Trinajstić information content (AvgIpc) is 3.10. The van der Waals surface area contributed by atoms with E-state index in [0.29, 0.717) is 44.1 Å². The van der Waals surface area contributed by atoms with Gasteiger partial charge in [0.15, 0.2) is 10.8 Å². The number of halogens is 2. The van der Waals surface area contributed by atoms with Crippen molar-refractivity contribution in [1.29, 1.82) is 0 Å². The van der Waals surface area contributed by atoms with Crippen LogP contribution in [-0.2, 0) is 17.1 Å². The molecule has 31 heavy (non-hydrogen) atoms. The number of pyridine rings is 1. The Morgan fingerprint density at radius 1 is 1.23 bits per heavy atom. The molecule has 4 rings (SSSR count). The first-order valence-electron chi connectivity index (χ1n) is 9.36. The van der Waals surface area contributed by atoms with Gasteiger partial charge in [-0.25, -0.2) is 14.4 Å². The largest absolute Gasteiger partial charge is 0.495 e. The van der Waals surface area contributed by atoms with Crippen molar-refractivity contribution in [2.75, 3.05) is 12.4 Å². The van der Waals surface area contributed by atoms with Gasteiger partial charge in [-0.1, -0.05) is 41.6 Å². The van der Waals surface area contributed by atoms with Gasteiger partial charge in [-0.15, -0.1) is 0 Å². The molecule has 0 unspecified atom stereocenters. The third-order valence-electron chi connectivity index (χ3n) is 4.52. The van der Waals surface area contributed by atoms with Crippen LogP contribution in [0.1, 0.15) is 5.56 Å². The van der Waals surface area contributed by atoms with Gasteiger partial charge in [0.05, 0.1) is 12.8 Å². The second-order valence-electron chi connectivity index (χ2n) is 6.60. The van der Waals surface area contributed by atoms with Gasteiger partial charge >= 0.3 is 0 Å². The van der Waals surface area contributed by atoms with Gasteiger partial charge in [-0.3, -0.25) is 9.36 Å². The number of amides is 1. The molecule has 2 aromatic carbocycles. The molecule has 0 saturated heterocycles. The number of hydrogen-bond donors (Lipinski definition) is 1. The molecule has 0 bridgehead atoms. The molecule has 9 heteroatoms. The monoisotopic (exact) mass is 456 g/mol. The Labute approximate surface area is 187 Å². The number of methoxy groups -OCH3 is 1. The van der Waals surface area contributed by atoms with Crippen molar-refractivity contribution < 1.29 is 13.9 Å². The maximum Gasteiger partial charge on any atom is 0.244 e. The number of carbonyl (C=O) groups is 1. The van der Waals surface area contributed by atoms with Crippen LogP contribution in [0.3, 0.4) is 0 Å². The van der Waals surface area contributed by atoms with E-state index >= 15 is 0 Å². The van der Waals surface area contributed by atoms with Gasteiger partial charge in [-0.2, -0.15) is 0 Å². The number of fused-ring (bicyclic) bond motifs is 1. The van der Waals surface area contributed by atoms with Crippen LogP contribution in [-0.4, -0.2) is 27.6 Å². The minimum atomic E-state index is -0.293. The summed E-state index contributed by atoms with van der Waals surface area (Å²) in [5.74, 6) is 0.306. The Bertz CT molecular complexity index is 1250. The Hall–Kier alpha value is -3.10. The van der Waals surface area contributed by atoms with Crippen molar-refractivity contribution in [3.05, 3.63) is 77.2 Å². The molecule has 158 valence electrons. The number of nitrogens with one attached hydrogen (secondary N) is 1. The van der Waals surface area contributed by atoms with Crippen molar-refractivity contribution >= 4 is 46.1 Å². The highest BCUT2D eigenvalue weighted by Gasteiger charge is 2.17. The minimum absolute atomic E-state index is 0.0250. The summed E-state index contributed by atoms with van der Waals surface area (Å²) in [6.07, 6.45) is 1.64. The zero-order valence-corrected chi connectivity index (χ0v) is 18.1. The number of hydrogen-bond acceptors (Lipinski definition) is 5. The van der Waals surface area contributed by atoms with E-state index in [0.717, 1.165) is 0 Å². The van der Waals surface area contributed by atoms with Crippen molar-refractivity contribution in [3.8, 4) is 5.75 Å². The maximum absolute atomic E-state index is 14.0. The van der Waals surface area contributed by atoms with E-state index in [1.165, 1.54) is 24.9 Å². The maximum atomic E-state index is 14.0. The number of nitrogens with zero attached hydrogens (tertiary/aromatic N) is 3. The van der Waals surface area contributed by atoms with E-state index in [2.05, 4.69) is 15.3 Å². The highest BCUT2D eigenvalue weighted by molar-refractivity contribution is 7.98. The molecule has 0 aliphatic rings. The SMILES string of the molecule is COc1ccc(Cl)cc1NC(=O)Cn1c(SCc2ccccc2F)nc2cccnc21. The van der Waals surface area contributed by atoms with Crippen LogP contribution in [0.4, 0.5) is 10.1 Å². The normalized spacial score (nSPS) is 10.9. The van der Waals surface area contributed by atoms with Gasteiger partial charge in [0, 0.05) is 17.0 Å². The van der Waals surface area contributed by atoms with Crippen LogP contribution in [0.2, 0.25) is 5.02 Å². The molecule has 0 aliphatic carbocycles. The number of anilines is 1. The van der Waals surface area contributed by atoms with Crippen molar-refractivity contribution in [1.82, 2.24) is 14.5 Å². The van der Waals surface area contributed by atoms with E-state index in [1.54, 1.807) is 53.2 Å². The second kappa shape index (κ2) is 9.36. The van der Waals surface area contributed by atoms with Gasteiger partial charge in [0.2, 0.25) is 5.91 Å². The molecule has 0 spiro atoms. The lowest BCUT2D eigenvalue weighted by atomic mass is 10.2. The van der Waals surface area contributed by atoms with E-state index < -0.39 is 0 Å². The van der Waals surface area contributed by atoms with Gasteiger partial charge in [-0.05, 0) is 42.0 Å². The quantitative estimate of drug-likeness (QED) is 0.389. The van der Waals surface area contributed by atoms with E-state index in [-0.39, 0.29) is 18.3 Å². The summed E-state index contributed by atoms with van der Waals surface area (Å²) < 4.78 is 21.0. The average molecular weight is 457 g/mol. The van der Waals surface area contributed by atoms with Crippen LogP contribution in [0, 0.1) is 5.82 Å². The number of imidazole rings is 1. The highest BCUT2D eigenvalue weighted by atomic mass is 35.5. The molecule has 0 radical (unpaired) electrons. The number of benzene rings is 2. The lowest BCUT2D eigenvalue weighted by Gasteiger charge is -2.12.